The van der Waals surface area contributed by atoms with Gasteiger partial charge in [0, 0.05) is 11.6 Å². The number of carbonyl (C=O) groups is 1. The van der Waals surface area contributed by atoms with Gasteiger partial charge in [0.25, 0.3) is 0 Å². The molecule has 2 aromatic rings. The fourth-order valence-corrected chi connectivity index (χ4v) is 2.16. The highest BCUT2D eigenvalue weighted by molar-refractivity contribution is 7.13. The summed E-state index contributed by atoms with van der Waals surface area (Å²) in [6, 6.07) is 9.07. The van der Waals surface area contributed by atoms with E-state index < -0.39 is 11.5 Å². The summed E-state index contributed by atoms with van der Waals surface area (Å²) in [5.41, 5.74) is -0.471. The van der Waals surface area contributed by atoms with Crippen molar-refractivity contribution in [2.24, 2.45) is 0 Å². The first-order chi connectivity index (χ1) is 8.13. The molecular weight excluding hydrogens is 236 g/mol. The molecule has 1 aromatic heterocycles. The van der Waals surface area contributed by atoms with Crippen LogP contribution in [-0.2, 0) is 10.3 Å². The van der Waals surface area contributed by atoms with Crippen LogP contribution in [0.15, 0.2) is 41.9 Å². The highest BCUT2D eigenvalue weighted by Gasteiger charge is 2.35. The van der Waals surface area contributed by atoms with Crippen LogP contribution in [0.25, 0.3) is 0 Å². The Morgan fingerprint density at radius 2 is 2.12 bits per heavy atom. The maximum atomic E-state index is 11.5. The predicted octanol–water partition coefficient (Wildman–Crippen LogP) is 2.56. The van der Waals surface area contributed by atoms with Gasteiger partial charge in [-0.2, -0.15) is 0 Å². The first-order valence-corrected chi connectivity index (χ1v) is 5.97. The summed E-state index contributed by atoms with van der Waals surface area (Å²) in [5, 5.41) is 14.8. The summed E-state index contributed by atoms with van der Waals surface area (Å²) in [5.74, 6) is -0.932. The van der Waals surface area contributed by atoms with Gasteiger partial charge in [0.2, 0.25) is 0 Å². The van der Waals surface area contributed by atoms with E-state index in [9.17, 15) is 9.90 Å². The zero-order valence-corrected chi connectivity index (χ0v) is 10.1. The second-order valence-corrected chi connectivity index (χ2v) is 4.65. The molecule has 0 amide bonds. The van der Waals surface area contributed by atoms with Crippen LogP contribution in [0.5, 0.6) is 0 Å². The Morgan fingerprint density at radius 1 is 1.41 bits per heavy atom. The molecule has 1 unspecified atom stereocenters. The zero-order chi connectivity index (χ0) is 12.3. The molecule has 5 heteroatoms. The lowest BCUT2D eigenvalue weighted by Crippen LogP contribution is -2.40. The Balaban J connectivity index is 2.37. The van der Waals surface area contributed by atoms with Gasteiger partial charge in [-0.15, -0.1) is 11.3 Å². The third-order valence-electron chi connectivity index (χ3n) is 2.57. The molecule has 4 nitrogen and oxygen atoms in total. The van der Waals surface area contributed by atoms with Gasteiger partial charge in [0.1, 0.15) is 0 Å². The number of nitrogens with zero attached hydrogens (tertiary/aromatic N) is 1. The number of nitrogens with one attached hydrogen (secondary N) is 1. The average Bonchev–Trinajstić information content (AvgIpc) is 2.82. The van der Waals surface area contributed by atoms with Gasteiger partial charge in [-0.05, 0) is 12.5 Å². The first-order valence-electron chi connectivity index (χ1n) is 5.09. The van der Waals surface area contributed by atoms with Crippen molar-refractivity contribution in [2.75, 3.05) is 5.32 Å². The number of benzene rings is 1. The Bertz CT molecular complexity index is 498. The topological polar surface area (TPSA) is 62.2 Å². The van der Waals surface area contributed by atoms with E-state index in [2.05, 4.69) is 10.3 Å². The molecule has 0 radical (unpaired) electrons. The van der Waals surface area contributed by atoms with E-state index in [1.165, 1.54) is 11.3 Å². The van der Waals surface area contributed by atoms with E-state index in [0.29, 0.717) is 10.7 Å². The maximum Gasteiger partial charge on any atom is 0.333 e. The number of rotatable bonds is 4. The van der Waals surface area contributed by atoms with Crippen molar-refractivity contribution in [2.45, 2.75) is 12.5 Å². The van der Waals surface area contributed by atoms with Crippen molar-refractivity contribution in [1.29, 1.82) is 0 Å². The molecule has 0 aliphatic rings. The van der Waals surface area contributed by atoms with Crippen molar-refractivity contribution in [3.63, 3.8) is 0 Å². The number of hydrogen-bond donors (Lipinski definition) is 2. The molecule has 1 atom stereocenters. The molecule has 0 fully saturated rings. The minimum absolute atomic E-state index is 0.596. The van der Waals surface area contributed by atoms with Gasteiger partial charge in [0.05, 0.1) is 0 Å². The Kier molecular flexibility index (Phi) is 3.10. The average molecular weight is 248 g/mol. The van der Waals surface area contributed by atoms with E-state index in [-0.39, 0.29) is 0 Å². The summed E-state index contributed by atoms with van der Waals surface area (Å²) in [6.45, 7) is 1.63. The number of aromatic nitrogens is 1. The van der Waals surface area contributed by atoms with Crippen molar-refractivity contribution in [1.82, 2.24) is 4.98 Å². The fourth-order valence-electron chi connectivity index (χ4n) is 1.52. The number of thiazole rings is 1. The standard InChI is InChI=1S/C12H12N2O2S/c1-12(10(15)16,9-5-3-2-4-6-9)14-11-13-7-8-17-11/h2-8H,1H3,(H,13,14)(H,15,16). The normalized spacial score (nSPS) is 13.9. The molecule has 1 heterocycles. The molecular formula is C12H12N2O2S. The number of anilines is 1. The number of carboxylic acid groups (broad SMARTS) is 1. The van der Waals surface area contributed by atoms with E-state index in [1.54, 1.807) is 30.6 Å². The van der Waals surface area contributed by atoms with Crippen LogP contribution in [0.2, 0.25) is 0 Å². The molecule has 2 rings (SSSR count). The van der Waals surface area contributed by atoms with E-state index in [4.69, 9.17) is 0 Å². The van der Waals surface area contributed by atoms with Crippen molar-refractivity contribution in [3.05, 3.63) is 47.5 Å². The van der Waals surface area contributed by atoms with Gasteiger partial charge < -0.3 is 10.4 Å². The summed E-state index contributed by atoms with van der Waals surface area (Å²) in [7, 11) is 0. The fraction of sp³-hybridized carbons (Fsp3) is 0.167. The van der Waals surface area contributed by atoms with E-state index in [1.807, 2.05) is 18.2 Å². The smallest absolute Gasteiger partial charge is 0.333 e. The monoisotopic (exact) mass is 248 g/mol. The minimum atomic E-state index is -1.17. The molecule has 2 N–H and O–H groups in total. The number of aliphatic carboxylic acids is 1. The Hall–Kier alpha value is -1.88. The van der Waals surface area contributed by atoms with E-state index in [0.717, 1.165) is 0 Å². The second-order valence-electron chi connectivity index (χ2n) is 3.76. The van der Waals surface area contributed by atoms with Gasteiger partial charge in [-0.1, -0.05) is 30.3 Å². The minimum Gasteiger partial charge on any atom is -0.479 e. The Morgan fingerprint density at radius 3 is 2.65 bits per heavy atom. The van der Waals surface area contributed by atoms with Crippen LogP contribution < -0.4 is 5.32 Å². The van der Waals surface area contributed by atoms with Crippen LogP contribution in [0.1, 0.15) is 12.5 Å². The van der Waals surface area contributed by atoms with Crippen LogP contribution in [-0.4, -0.2) is 16.1 Å². The number of carboxylic acids is 1. The number of hydrogen-bond acceptors (Lipinski definition) is 4. The lowest BCUT2D eigenvalue weighted by molar-refractivity contribution is -0.142. The summed E-state index contributed by atoms with van der Waals surface area (Å²) in [6.07, 6.45) is 1.64. The lowest BCUT2D eigenvalue weighted by Gasteiger charge is -2.26. The lowest BCUT2D eigenvalue weighted by atomic mass is 9.92. The van der Waals surface area contributed by atoms with Crippen molar-refractivity contribution < 1.29 is 9.90 Å². The highest BCUT2D eigenvalue weighted by Crippen LogP contribution is 2.27. The molecule has 0 bridgehead atoms. The molecule has 0 aliphatic heterocycles. The molecule has 0 spiro atoms. The molecule has 17 heavy (non-hydrogen) atoms. The first kappa shape index (κ1) is 11.6. The summed E-state index contributed by atoms with van der Waals surface area (Å²) in [4.78, 5) is 15.5. The second kappa shape index (κ2) is 4.55. The Labute approximate surface area is 103 Å². The van der Waals surface area contributed by atoms with E-state index >= 15 is 0 Å². The van der Waals surface area contributed by atoms with Crippen molar-refractivity contribution >= 4 is 22.4 Å². The molecule has 88 valence electrons. The van der Waals surface area contributed by atoms with Gasteiger partial charge >= 0.3 is 5.97 Å². The SMILES string of the molecule is CC(Nc1nccs1)(C(=O)O)c1ccccc1. The maximum absolute atomic E-state index is 11.5. The van der Waals surface area contributed by atoms with Crippen LogP contribution in [0.4, 0.5) is 5.13 Å². The van der Waals surface area contributed by atoms with Gasteiger partial charge in [0.15, 0.2) is 10.7 Å². The molecule has 0 saturated heterocycles. The molecule has 0 aliphatic carbocycles. The quantitative estimate of drug-likeness (QED) is 0.873. The van der Waals surface area contributed by atoms with Crippen LogP contribution in [0, 0.1) is 0 Å². The largest absolute Gasteiger partial charge is 0.479 e. The van der Waals surface area contributed by atoms with Crippen LogP contribution >= 0.6 is 11.3 Å². The third kappa shape index (κ3) is 2.29. The highest BCUT2D eigenvalue weighted by atomic mass is 32.1. The van der Waals surface area contributed by atoms with Crippen LogP contribution in [0.3, 0.4) is 0 Å². The molecule has 0 saturated carbocycles. The zero-order valence-electron chi connectivity index (χ0n) is 9.25. The summed E-state index contributed by atoms with van der Waals surface area (Å²) >= 11 is 1.38. The summed E-state index contributed by atoms with van der Waals surface area (Å²) < 4.78 is 0. The van der Waals surface area contributed by atoms with Gasteiger partial charge in [-0.25, -0.2) is 9.78 Å². The molecule has 1 aromatic carbocycles. The van der Waals surface area contributed by atoms with Gasteiger partial charge in [-0.3, -0.25) is 0 Å². The predicted molar refractivity (Wildman–Crippen MR) is 67.2 cm³/mol. The third-order valence-corrected chi connectivity index (χ3v) is 3.26. The van der Waals surface area contributed by atoms with Crippen molar-refractivity contribution in [3.8, 4) is 0 Å².